The number of rotatable bonds is 6. The van der Waals surface area contributed by atoms with Gasteiger partial charge in [-0.3, -0.25) is 0 Å². The lowest BCUT2D eigenvalue weighted by Crippen LogP contribution is -2.33. The van der Waals surface area contributed by atoms with Crippen molar-refractivity contribution in [2.45, 2.75) is 26.3 Å². The molecule has 0 radical (unpaired) electrons. The highest BCUT2D eigenvalue weighted by Gasteiger charge is 2.14. The maximum Gasteiger partial charge on any atom is 0.137 e. The average molecular weight is 287 g/mol. The van der Waals surface area contributed by atoms with Crippen molar-refractivity contribution in [3.05, 3.63) is 24.5 Å². The smallest absolute Gasteiger partial charge is 0.137 e. The number of hydrogen-bond acceptors (Lipinski definition) is 5. The van der Waals surface area contributed by atoms with E-state index < -0.39 is 0 Å². The van der Waals surface area contributed by atoms with Crippen LogP contribution >= 0.6 is 0 Å². The molecule has 21 heavy (non-hydrogen) atoms. The summed E-state index contributed by atoms with van der Waals surface area (Å²) in [5.74, 6) is 1.49. The van der Waals surface area contributed by atoms with Gasteiger partial charge in [0.15, 0.2) is 0 Å². The molecule has 0 aliphatic rings. The fourth-order valence-electron chi connectivity index (χ4n) is 2.57. The third-order valence-electron chi connectivity index (χ3n) is 3.34. The number of aromatic nitrogens is 2. The molecule has 3 N–H and O–H groups in total. The lowest BCUT2D eigenvalue weighted by Gasteiger charge is -2.25. The van der Waals surface area contributed by atoms with E-state index >= 15 is 0 Å². The van der Waals surface area contributed by atoms with E-state index in [9.17, 15) is 0 Å². The van der Waals surface area contributed by atoms with Gasteiger partial charge in [-0.1, -0.05) is 13.8 Å². The van der Waals surface area contributed by atoms with Gasteiger partial charge in [-0.05, 0) is 44.6 Å². The van der Waals surface area contributed by atoms with Crippen LogP contribution < -0.4 is 11.1 Å². The van der Waals surface area contributed by atoms with E-state index in [4.69, 9.17) is 5.73 Å². The molecular weight excluding hydrogens is 262 g/mol. The highest BCUT2D eigenvalue weighted by atomic mass is 15.1. The number of fused-ring (bicyclic) bond motifs is 1. The summed E-state index contributed by atoms with van der Waals surface area (Å²) in [6, 6.07) is 6.07. The third kappa shape index (κ3) is 4.29. The van der Waals surface area contributed by atoms with E-state index in [2.05, 4.69) is 48.1 Å². The van der Waals surface area contributed by atoms with Crippen LogP contribution in [0.1, 0.15) is 20.3 Å². The average Bonchev–Trinajstić information content (AvgIpc) is 2.38. The summed E-state index contributed by atoms with van der Waals surface area (Å²) in [7, 11) is 4.18. The van der Waals surface area contributed by atoms with Crippen LogP contribution in [0, 0.1) is 5.92 Å². The SMILES string of the molecule is CC(C)CC(CN(C)C)Nc1ncnc2ccc(N)cc12. The molecule has 0 saturated heterocycles. The van der Waals surface area contributed by atoms with Gasteiger partial charge in [0.2, 0.25) is 0 Å². The summed E-state index contributed by atoms with van der Waals surface area (Å²) in [5.41, 5.74) is 7.54. The Hall–Kier alpha value is -1.88. The minimum Gasteiger partial charge on any atom is -0.399 e. The van der Waals surface area contributed by atoms with E-state index in [-0.39, 0.29) is 0 Å². The minimum absolute atomic E-state index is 0.347. The molecule has 0 bridgehead atoms. The fraction of sp³-hybridized carbons (Fsp3) is 0.500. The fourth-order valence-corrected chi connectivity index (χ4v) is 2.57. The number of likely N-dealkylation sites (N-methyl/N-ethyl adjacent to an activating group) is 1. The lowest BCUT2D eigenvalue weighted by atomic mass is 10.0. The molecule has 1 aromatic carbocycles. The quantitative estimate of drug-likeness (QED) is 0.799. The van der Waals surface area contributed by atoms with Crippen LogP contribution in [-0.4, -0.2) is 41.5 Å². The molecule has 2 aromatic rings. The van der Waals surface area contributed by atoms with Crippen molar-refractivity contribution >= 4 is 22.4 Å². The molecule has 0 aliphatic heterocycles. The van der Waals surface area contributed by atoms with E-state index in [1.165, 1.54) is 0 Å². The molecule has 1 heterocycles. The molecule has 1 unspecified atom stereocenters. The second-order valence-corrected chi connectivity index (χ2v) is 6.23. The summed E-state index contributed by atoms with van der Waals surface area (Å²) in [6.07, 6.45) is 2.69. The molecule has 0 spiro atoms. The van der Waals surface area contributed by atoms with Crippen LogP contribution in [0.2, 0.25) is 0 Å². The van der Waals surface area contributed by atoms with Crippen molar-refractivity contribution in [2.24, 2.45) is 5.92 Å². The Bertz CT molecular complexity index is 584. The maximum absolute atomic E-state index is 5.89. The summed E-state index contributed by atoms with van der Waals surface area (Å²) in [5, 5.41) is 4.54. The number of nitrogen functional groups attached to an aromatic ring is 1. The van der Waals surface area contributed by atoms with Gasteiger partial charge in [-0.15, -0.1) is 0 Å². The minimum atomic E-state index is 0.347. The molecule has 0 fully saturated rings. The standard InChI is InChI=1S/C16H25N5/c1-11(2)7-13(9-21(3)4)20-16-14-8-12(17)5-6-15(14)18-10-19-16/h5-6,8,10-11,13H,7,9,17H2,1-4H3,(H,18,19,20). The third-order valence-corrected chi connectivity index (χ3v) is 3.34. The van der Waals surface area contributed by atoms with Crippen molar-refractivity contribution in [3.8, 4) is 0 Å². The first-order chi connectivity index (χ1) is 9.95. The van der Waals surface area contributed by atoms with Gasteiger partial charge in [0.05, 0.1) is 5.52 Å². The van der Waals surface area contributed by atoms with Crippen LogP contribution in [-0.2, 0) is 0 Å². The molecule has 0 saturated carbocycles. The highest BCUT2D eigenvalue weighted by Crippen LogP contribution is 2.23. The molecule has 1 atom stereocenters. The van der Waals surface area contributed by atoms with Crippen LogP contribution in [0.5, 0.6) is 0 Å². The molecule has 5 heteroatoms. The molecule has 5 nitrogen and oxygen atoms in total. The van der Waals surface area contributed by atoms with Crippen molar-refractivity contribution in [1.82, 2.24) is 14.9 Å². The number of nitrogens with one attached hydrogen (secondary N) is 1. The van der Waals surface area contributed by atoms with Gasteiger partial charge in [0.1, 0.15) is 12.1 Å². The van der Waals surface area contributed by atoms with Crippen molar-refractivity contribution < 1.29 is 0 Å². The number of benzene rings is 1. The zero-order chi connectivity index (χ0) is 15.4. The van der Waals surface area contributed by atoms with Crippen LogP contribution in [0.4, 0.5) is 11.5 Å². The first-order valence-electron chi connectivity index (χ1n) is 7.37. The number of nitrogens with two attached hydrogens (primary N) is 1. The first-order valence-corrected chi connectivity index (χ1v) is 7.37. The first kappa shape index (κ1) is 15.5. The largest absolute Gasteiger partial charge is 0.399 e. The Balaban J connectivity index is 2.29. The van der Waals surface area contributed by atoms with Crippen molar-refractivity contribution in [3.63, 3.8) is 0 Å². The molecule has 1 aromatic heterocycles. The summed E-state index contributed by atoms with van der Waals surface area (Å²) >= 11 is 0. The van der Waals surface area contributed by atoms with E-state index in [1.807, 2.05) is 18.2 Å². The van der Waals surface area contributed by atoms with Gasteiger partial charge in [0, 0.05) is 23.7 Å². The predicted octanol–water partition coefficient (Wildman–Crippen LogP) is 2.60. The molecule has 2 rings (SSSR count). The number of hydrogen-bond donors (Lipinski definition) is 2. The highest BCUT2D eigenvalue weighted by molar-refractivity contribution is 5.91. The lowest BCUT2D eigenvalue weighted by molar-refractivity contribution is 0.356. The van der Waals surface area contributed by atoms with Crippen LogP contribution in [0.25, 0.3) is 10.9 Å². The topological polar surface area (TPSA) is 67.1 Å². The monoisotopic (exact) mass is 287 g/mol. The summed E-state index contributed by atoms with van der Waals surface area (Å²) < 4.78 is 0. The Morgan fingerprint density at radius 1 is 1.24 bits per heavy atom. The van der Waals surface area contributed by atoms with Crippen molar-refractivity contribution in [2.75, 3.05) is 31.7 Å². The second-order valence-electron chi connectivity index (χ2n) is 6.23. The number of anilines is 2. The van der Waals surface area contributed by atoms with E-state index in [0.29, 0.717) is 12.0 Å². The Kier molecular flexibility index (Phi) is 4.96. The normalized spacial score (nSPS) is 13.0. The van der Waals surface area contributed by atoms with Crippen LogP contribution in [0.3, 0.4) is 0 Å². The predicted molar refractivity (Wildman–Crippen MR) is 89.4 cm³/mol. The zero-order valence-corrected chi connectivity index (χ0v) is 13.3. The van der Waals surface area contributed by atoms with Gasteiger partial charge in [0.25, 0.3) is 0 Å². The molecule has 0 aliphatic carbocycles. The number of nitrogens with zero attached hydrogens (tertiary/aromatic N) is 3. The van der Waals surface area contributed by atoms with Gasteiger partial charge < -0.3 is 16.0 Å². The zero-order valence-electron chi connectivity index (χ0n) is 13.3. The molecule has 0 amide bonds. The Morgan fingerprint density at radius 2 is 2.00 bits per heavy atom. The van der Waals surface area contributed by atoms with Gasteiger partial charge >= 0.3 is 0 Å². The van der Waals surface area contributed by atoms with Gasteiger partial charge in [-0.25, -0.2) is 9.97 Å². The summed E-state index contributed by atoms with van der Waals surface area (Å²) in [4.78, 5) is 10.9. The summed E-state index contributed by atoms with van der Waals surface area (Å²) in [6.45, 7) is 5.44. The Labute approximate surface area is 126 Å². The Morgan fingerprint density at radius 3 is 2.67 bits per heavy atom. The van der Waals surface area contributed by atoms with Crippen LogP contribution in [0.15, 0.2) is 24.5 Å². The van der Waals surface area contributed by atoms with Gasteiger partial charge in [-0.2, -0.15) is 0 Å². The maximum atomic E-state index is 5.89. The van der Waals surface area contributed by atoms with Crippen molar-refractivity contribution in [1.29, 1.82) is 0 Å². The second kappa shape index (κ2) is 6.72. The van der Waals surface area contributed by atoms with E-state index in [0.717, 1.165) is 35.4 Å². The molecular formula is C16H25N5. The van der Waals surface area contributed by atoms with E-state index in [1.54, 1.807) is 6.33 Å². The molecule has 114 valence electrons.